The van der Waals surface area contributed by atoms with Gasteiger partial charge in [-0.15, -0.1) is 0 Å². The summed E-state index contributed by atoms with van der Waals surface area (Å²) in [5.74, 6) is 0.737. The van der Waals surface area contributed by atoms with Crippen LogP contribution in [0.5, 0.6) is 0 Å². The van der Waals surface area contributed by atoms with Crippen LogP contribution in [0.25, 0.3) is 0 Å². The lowest BCUT2D eigenvalue weighted by Crippen LogP contribution is -2.33. The molecule has 1 aliphatic carbocycles. The van der Waals surface area contributed by atoms with Crippen molar-refractivity contribution in [1.29, 1.82) is 0 Å². The molecule has 0 radical (unpaired) electrons. The van der Waals surface area contributed by atoms with Crippen molar-refractivity contribution in [2.45, 2.75) is 33.1 Å². The maximum Gasteiger partial charge on any atom is 0.109 e. The van der Waals surface area contributed by atoms with Gasteiger partial charge in [0.1, 0.15) is 6.61 Å². The van der Waals surface area contributed by atoms with E-state index in [1.807, 2.05) is 6.26 Å². The molecule has 0 aromatic carbocycles. The fourth-order valence-electron chi connectivity index (χ4n) is 3.33. The van der Waals surface area contributed by atoms with Gasteiger partial charge in [0.05, 0.1) is 6.26 Å². The Balaban J connectivity index is 2.06. The van der Waals surface area contributed by atoms with Crippen molar-refractivity contribution in [2.75, 3.05) is 19.7 Å². The van der Waals surface area contributed by atoms with Crippen molar-refractivity contribution in [3.63, 3.8) is 0 Å². The molecule has 1 saturated carbocycles. The molecule has 2 heteroatoms. The lowest BCUT2D eigenvalue weighted by molar-refractivity contribution is 0.232. The molecule has 3 aliphatic rings. The molecule has 0 bridgehead atoms. The highest BCUT2D eigenvalue weighted by molar-refractivity contribution is 5.45. The largest absolute Gasteiger partial charge is 0.497 e. The SMILES string of the molecule is CC1(C)CCC2CNCCC3=C2C1=COC3. The van der Waals surface area contributed by atoms with Crippen molar-refractivity contribution in [2.24, 2.45) is 11.3 Å². The minimum atomic E-state index is 0.307. The fourth-order valence-corrected chi connectivity index (χ4v) is 3.33. The van der Waals surface area contributed by atoms with E-state index in [0.717, 1.165) is 25.6 Å². The highest BCUT2D eigenvalue weighted by atomic mass is 16.5. The minimum Gasteiger partial charge on any atom is -0.497 e. The van der Waals surface area contributed by atoms with Gasteiger partial charge >= 0.3 is 0 Å². The second kappa shape index (κ2) is 3.63. The maximum atomic E-state index is 5.67. The molecular formula is C14H21NO. The monoisotopic (exact) mass is 219 g/mol. The molecule has 0 spiro atoms. The molecular weight excluding hydrogens is 198 g/mol. The van der Waals surface area contributed by atoms with Crippen molar-refractivity contribution in [1.82, 2.24) is 5.32 Å². The van der Waals surface area contributed by atoms with Gasteiger partial charge in [-0.05, 0) is 53.9 Å². The van der Waals surface area contributed by atoms with Crippen LogP contribution in [0, 0.1) is 11.3 Å². The summed E-state index contributed by atoms with van der Waals surface area (Å²) in [5.41, 5.74) is 4.99. The van der Waals surface area contributed by atoms with Crippen LogP contribution in [0.15, 0.2) is 23.0 Å². The molecule has 1 atom stereocenters. The van der Waals surface area contributed by atoms with Crippen LogP contribution in [-0.2, 0) is 4.74 Å². The molecule has 3 rings (SSSR count). The molecule has 0 aromatic rings. The van der Waals surface area contributed by atoms with E-state index in [0.29, 0.717) is 5.41 Å². The molecule has 0 amide bonds. The van der Waals surface area contributed by atoms with Gasteiger partial charge in [-0.3, -0.25) is 0 Å². The molecule has 1 fully saturated rings. The first kappa shape index (κ1) is 10.4. The van der Waals surface area contributed by atoms with E-state index in [-0.39, 0.29) is 0 Å². The Kier molecular flexibility index (Phi) is 2.36. The number of rotatable bonds is 0. The van der Waals surface area contributed by atoms with Crippen molar-refractivity contribution < 1.29 is 4.74 Å². The van der Waals surface area contributed by atoms with Crippen molar-refractivity contribution >= 4 is 0 Å². The van der Waals surface area contributed by atoms with Crippen LogP contribution >= 0.6 is 0 Å². The quantitative estimate of drug-likeness (QED) is 0.676. The first-order chi connectivity index (χ1) is 7.68. The predicted octanol–water partition coefficient (Wildman–Crippen LogP) is 2.63. The number of hydrogen-bond acceptors (Lipinski definition) is 2. The maximum absolute atomic E-state index is 5.67. The smallest absolute Gasteiger partial charge is 0.109 e. The third-order valence-corrected chi connectivity index (χ3v) is 4.38. The summed E-state index contributed by atoms with van der Waals surface area (Å²) in [5, 5.41) is 3.56. The minimum absolute atomic E-state index is 0.307. The first-order valence-corrected chi connectivity index (χ1v) is 6.44. The summed E-state index contributed by atoms with van der Waals surface area (Å²) in [6, 6.07) is 0. The molecule has 2 heterocycles. The van der Waals surface area contributed by atoms with E-state index in [2.05, 4.69) is 19.2 Å². The summed E-state index contributed by atoms with van der Waals surface area (Å²) in [4.78, 5) is 0. The Bertz CT molecular complexity index is 365. The van der Waals surface area contributed by atoms with E-state index >= 15 is 0 Å². The zero-order valence-corrected chi connectivity index (χ0v) is 10.3. The van der Waals surface area contributed by atoms with Gasteiger partial charge < -0.3 is 10.1 Å². The second-order valence-electron chi connectivity index (χ2n) is 5.93. The van der Waals surface area contributed by atoms with Crippen molar-refractivity contribution in [3.8, 4) is 0 Å². The fraction of sp³-hybridized carbons (Fsp3) is 0.714. The van der Waals surface area contributed by atoms with Crippen LogP contribution in [-0.4, -0.2) is 19.7 Å². The number of ether oxygens (including phenoxy) is 1. The van der Waals surface area contributed by atoms with E-state index in [1.54, 1.807) is 11.1 Å². The van der Waals surface area contributed by atoms with E-state index in [9.17, 15) is 0 Å². The van der Waals surface area contributed by atoms with Crippen LogP contribution in [0.4, 0.5) is 0 Å². The average molecular weight is 219 g/mol. The highest BCUT2D eigenvalue weighted by Gasteiger charge is 2.39. The Hall–Kier alpha value is -0.760. The highest BCUT2D eigenvalue weighted by Crippen LogP contribution is 2.49. The van der Waals surface area contributed by atoms with Gasteiger partial charge in [-0.1, -0.05) is 13.8 Å². The van der Waals surface area contributed by atoms with Gasteiger partial charge in [0.2, 0.25) is 0 Å². The molecule has 0 saturated heterocycles. The third-order valence-electron chi connectivity index (χ3n) is 4.38. The van der Waals surface area contributed by atoms with Gasteiger partial charge in [0.15, 0.2) is 0 Å². The molecule has 2 nitrogen and oxygen atoms in total. The Morgan fingerprint density at radius 3 is 3.19 bits per heavy atom. The second-order valence-corrected chi connectivity index (χ2v) is 5.93. The predicted molar refractivity (Wildman–Crippen MR) is 65.1 cm³/mol. The number of nitrogens with one attached hydrogen (secondary N) is 1. The Labute approximate surface area is 97.8 Å². The standard InChI is InChI=1S/C14H21NO/c1-14(2)5-3-10-7-15-6-4-11-8-16-9-12(14)13(10)11/h9-10,15H,3-8H2,1-2H3. The molecule has 1 N–H and O–H groups in total. The lowest BCUT2D eigenvalue weighted by Gasteiger charge is -2.41. The molecule has 88 valence electrons. The van der Waals surface area contributed by atoms with Crippen LogP contribution in [0.2, 0.25) is 0 Å². The molecule has 2 aliphatic heterocycles. The van der Waals surface area contributed by atoms with Gasteiger partial charge in [0, 0.05) is 6.54 Å². The molecule has 1 unspecified atom stereocenters. The Morgan fingerprint density at radius 2 is 2.31 bits per heavy atom. The summed E-state index contributed by atoms with van der Waals surface area (Å²) < 4.78 is 5.67. The van der Waals surface area contributed by atoms with E-state index < -0.39 is 0 Å². The average Bonchev–Trinajstić information content (AvgIpc) is 2.47. The summed E-state index contributed by atoms with van der Waals surface area (Å²) in [7, 11) is 0. The topological polar surface area (TPSA) is 21.3 Å². The van der Waals surface area contributed by atoms with Crippen LogP contribution in [0.1, 0.15) is 33.1 Å². The van der Waals surface area contributed by atoms with Gasteiger partial charge in [-0.2, -0.15) is 0 Å². The van der Waals surface area contributed by atoms with Crippen LogP contribution < -0.4 is 5.32 Å². The zero-order chi connectivity index (χ0) is 11.2. The van der Waals surface area contributed by atoms with E-state index in [1.165, 1.54) is 24.8 Å². The summed E-state index contributed by atoms with van der Waals surface area (Å²) >= 11 is 0. The number of hydrogen-bond donors (Lipinski definition) is 1. The van der Waals surface area contributed by atoms with Crippen LogP contribution in [0.3, 0.4) is 0 Å². The first-order valence-electron chi connectivity index (χ1n) is 6.44. The number of allylic oxidation sites excluding steroid dienone is 1. The third kappa shape index (κ3) is 1.51. The normalized spacial score (nSPS) is 32.4. The zero-order valence-electron chi connectivity index (χ0n) is 10.3. The Morgan fingerprint density at radius 1 is 1.44 bits per heavy atom. The van der Waals surface area contributed by atoms with Gasteiger partial charge in [-0.25, -0.2) is 0 Å². The summed E-state index contributed by atoms with van der Waals surface area (Å²) in [6.45, 7) is 7.81. The van der Waals surface area contributed by atoms with Gasteiger partial charge in [0.25, 0.3) is 0 Å². The molecule has 0 aromatic heterocycles. The summed E-state index contributed by atoms with van der Waals surface area (Å²) in [6.07, 6.45) is 5.82. The van der Waals surface area contributed by atoms with Crippen molar-refractivity contribution in [3.05, 3.63) is 23.0 Å². The van der Waals surface area contributed by atoms with E-state index in [4.69, 9.17) is 4.74 Å². The lowest BCUT2D eigenvalue weighted by atomic mass is 9.65. The molecule has 16 heavy (non-hydrogen) atoms.